The number of nitrogens with zero attached hydrogens (tertiary/aromatic N) is 2. The number of pyridine rings is 1. The Labute approximate surface area is 121 Å². The first kappa shape index (κ1) is 12.9. The van der Waals surface area contributed by atoms with E-state index in [9.17, 15) is 0 Å². The van der Waals surface area contributed by atoms with Gasteiger partial charge in [-0.15, -0.1) is 11.3 Å². The van der Waals surface area contributed by atoms with Crippen LogP contribution in [0.25, 0.3) is 11.3 Å². The summed E-state index contributed by atoms with van der Waals surface area (Å²) in [7, 11) is 0. The Morgan fingerprint density at radius 2 is 2.10 bits per heavy atom. The molecule has 0 radical (unpaired) electrons. The molecule has 5 heteroatoms. The van der Waals surface area contributed by atoms with Crippen LogP contribution in [0.3, 0.4) is 0 Å². The summed E-state index contributed by atoms with van der Waals surface area (Å²) < 4.78 is 0. The summed E-state index contributed by atoms with van der Waals surface area (Å²) in [6, 6.07) is 10.1. The van der Waals surface area contributed by atoms with Crippen molar-refractivity contribution in [2.24, 2.45) is 0 Å². The lowest BCUT2D eigenvalue weighted by Gasteiger charge is -2.03. The predicted octanol–water partition coefficient (Wildman–Crippen LogP) is 3.29. The summed E-state index contributed by atoms with van der Waals surface area (Å²) in [5.41, 5.74) is 8.85. The maximum absolute atomic E-state index is 5.96. The highest BCUT2D eigenvalue weighted by Gasteiger charge is 2.13. The summed E-state index contributed by atoms with van der Waals surface area (Å²) in [6.45, 7) is 0. The van der Waals surface area contributed by atoms with Crippen LogP contribution in [-0.4, -0.2) is 15.2 Å². The van der Waals surface area contributed by atoms with Gasteiger partial charge in [-0.25, -0.2) is 0 Å². The SMILES string of the molecule is Nc1n[nH]c(CCCc2cccs2)c1-c1ccccn1. The third-order valence-corrected chi connectivity index (χ3v) is 4.16. The minimum atomic E-state index is 0.523. The first-order valence-electron chi connectivity index (χ1n) is 6.61. The van der Waals surface area contributed by atoms with Gasteiger partial charge in [0.2, 0.25) is 0 Å². The van der Waals surface area contributed by atoms with E-state index < -0.39 is 0 Å². The van der Waals surface area contributed by atoms with Crippen molar-refractivity contribution >= 4 is 17.2 Å². The zero-order valence-electron chi connectivity index (χ0n) is 11.0. The van der Waals surface area contributed by atoms with E-state index in [1.54, 1.807) is 17.5 Å². The van der Waals surface area contributed by atoms with Crippen molar-refractivity contribution in [3.63, 3.8) is 0 Å². The van der Waals surface area contributed by atoms with Crippen LogP contribution in [-0.2, 0) is 12.8 Å². The monoisotopic (exact) mass is 284 g/mol. The highest BCUT2D eigenvalue weighted by Crippen LogP contribution is 2.27. The molecule has 4 nitrogen and oxygen atoms in total. The molecule has 0 bridgehead atoms. The van der Waals surface area contributed by atoms with E-state index in [0.717, 1.165) is 36.2 Å². The summed E-state index contributed by atoms with van der Waals surface area (Å²) >= 11 is 1.80. The summed E-state index contributed by atoms with van der Waals surface area (Å²) in [4.78, 5) is 5.78. The maximum atomic E-state index is 5.96. The number of anilines is 1. The highest BCUT2D eigenvalue weighted by molar-refractivity contribution is 7.09. The van der Waals surface area contributed by atoms with E-state index >= 15 is 0 Å². The standard InChI is InChI=1S/C15H16N4S/c16-15-14(12-7-1-2-9-17-12)13(18-19-15)8-3-5-11-6-4-10-20-11/h1-2,4,6-7,9-10H,3,5,8H2,(H3,16,18,19). The van der Waals surface area contributed by atoms with Crippen molar-refractivity contribution < 1.29 is 0 Å². The summed E-state index contributed by atoms with van der Waals surface area (Å²) in [5.74, 6) is 0.523. The molecular weight excluding hydrogens is 268 g/mol. The Morgan fingerprint density at radius 3 is 2.85 bits per heavy atom. The normalized spacial score (nSPS) is 10.8. The molecule has 0 spiro atoms. The van der Waals surface area contributed by atoms with E-state index in [0.29, 0.717) is 5.82 Å². The van der Waals surface area contributed by atoms with Crippen molar-refractivity contribution in [1.82, 2.24) is 15.2 Å². The molecule has 0 unspecified atom stereocenters. The van der Waals surface area contributed by atoms with Gasteiger partial charge in [-0.2, -0.15) is 5.10 Å². The van der Waals surface area contributed by atoms with E-state index in [4.69, 9.17) is 5.73 Å². The first-order valence-corrected chi connectivity index (χ1v) is 7.49. The molecule has 20 heavy (non-hydrogen) atoms. The van der Waals surface area contributed by atoms with Crippen LogP contribution in [0, 0.1) is 0 Å². The Morgan fingerprint density at radius 1 is 1.15 bits per heavy atom. The lowest BCUT2D eigenvalue weighted by atomic mass is 10.1. The molecule has 0 aliphatic heterocycles. The molecule has 3 rings (SSSR count). The van der Waals surface area contributed by atoms with E-state index in [-0.39, 0.29) is 0 Å². The zero-order chi connectivity index (χ0) is 13.8. The number of rotatable bonds is 5. The molecule has 3 aromatic heterocycles. The largest absolute Gasteiger partial charge is 0.382 e. The molecule has 3 heterocycles. The van der Waals surface area contributed by atoms with Gasteiger partial charge in [-0.1, -0.05) is 12.1 Å². The van der Waals surface area contributed by atoms with Crippen molar-refractivity contribution in [1.29, 1.82) is 0 Å². The molecule has 3 aromatic rings. The number of aromatic amines is 1. The van der Waals surface area contributed by atoms with Crippen molar-refractivity contribution in [3.05, 3.63) is 52.5 Å². The minimum absolute atomic E-state index is 0.523. The first-order chi connectivity index (χ1) is 9.84. The lowest BCUT2D eigenvalue weighted by Crippen LogP contribution is -1.94. The van der Waals surface area contributed by atoms with Crippen LogP contribution < -0.4 is 5.73 Å². The van der Waals surface area contributed by atoms with Gasteiger partial charge in [0, 0.05) is 16.8 Å². The molecule has 0 saturated heterocycles. The number of nitrogen functional groups attached to an aromatic ring is 1. The zero-order valence-corrected chi connectivity index (χ0v) is 11.9. The van der Waals surface area contributed by atoms with Crippen LogP contribution in [0.1, 0.15) is 17.0 Å². The highest BCUT2D eigenvalue weighted by atomic mass is 32.1. The van der Waals surface area contributed by atoms with Gasteiger partial charge in [0.15, 0.2) is 5.82 Å². The van der Waals surface area contributed by atoms with Gasteiger partial charge < -0.3 is 5.73 Å². The predicted molar refractivity (Wildman–Crippen MR) is 82.6 cm³/mol. The number of thiophene rings is 1. The van der Waals surface area contributed by atoms with Gasteiger partial charge in [0.05, 0.1) is 11.3 Å². The second kappa shape index (κ2) is 5.88. The topological polar surface area (TPSA) is 67.6 Å². The quantitative estimate of drug-likeness (QED) is 0.755. The van der Waals surface area contributed by atoms with E-state index in [2.05, 4.69) is 32.7 Å². The van der Waals surface area contributed by atoms with Crippen LogP contribution >= 0.6 is 11.3 Å². The molecule has 0 aromatic carbocycles. The van der Waals surface area contributed by atoms with Crippen LogP contribution in [0.4, 0.5) is 5.82 Å². The molecule has 102 valence electrons. The molecule has 0 aliphatic rings. The average molecular weight is 284 g/mol. The molecular formula is C15H16N4S. The third-order valence-electron chi connectivity index (χ3n) is 3.22. The minimum Gasteiger partial charge on any atom is -0.382 e. The van der Waals surface area contributed by atoms with Gasteiger partial charge in [-0.3, -0.25) is 10.1 Å². The Bertz CT molecular complexity index is 659. The van der Waals surface area contributed by atoms with Crippen LogP contribution in [0.2, 0.25) is 0 Å². The fourth-order valence-corrected chi connectivity index (χ4v) is 3.02. The molecule has 3 N–H and O–H groups in total. The van der Waals surface area contributed by atoms with Crippen LogP contribution in [0.15, 0.2) is 41.9 Å². The number of hydrogen-bond acceptors (Lipinski definition) is 4. The van der Waals surface area contributed by atoms with E-state index in [1.807, 2.05) is 18.2 Å². The second-order valence-electron chi connectivity index (χ2n) is 4.61. The third kappa shape index (κ3) is 2.72. The molecule has 0 saturated carbocycles. The number of nitrogens with one attached hydrogen (secondary N) is 1. The average Bonchev–Trinajstić information content (AvgIpc) is 3.10. The van der Waals surface area contributed by atoms with E-state index in [1.165, 1.54) is 4.88 Å². The van der Waals surface area contributed by atoms with Gasteiger partial charge in [0.25, 0.3) is 0 Å². The molecule has 0 aliphatic carbocycles. The fraction of sp³-hybridized carbons (Fsp3) is 0.200. The maximum Gasteiger partial charge on any atom is 0.154 e. The summed E-state index contributed by atoms with van der Waals surface area (Å²) in [5, 5.41) is 9.28. The number of aryl methyl sites for hydroxylation is 2. The lowest BCUT2D eigenvalue weighted by molar-refractivity contribution is 0.802. The van der Waals surface area contributed by atoms with Gasteiger partial charge in [-0.05, 0) is 42.8 Å². The molecule has 0 amide bonds. The summed E-state index contributed by atoms with van der Waals surface area (Å²) in [6.07, 6.45) is 4.85. The number of nitrogens with two attached hydrogens (primary N) is 1. The van der Waals surface area contributed by atoms with Crippen molar-refractivity contribution in [2.75, 3.05) is 5.73 Å². The van der Waals surface area contributed by atoms with Crippen molar-refractivity contribution in [2.45, 2.75) is 19.3 Å². The van der Waals surface area contributed by atoms with Crippen molar-refractivity contribution in [3.8, 4) is 11.3 Å². The fourth-order valence-electron chi connectivity index (χ4n) is 2.27. The van der Waals surface area contributed by atoms with Gasteiger partial charge in [0.1, 0.15) is 0 Å². The molecule has 0 atom stereocenters. The second-order valence-corrected chi connectivity index (χ2v) is 5.64. The van der Waals surface area contributed by atoms with Crippen LogP contribution in [0.5, 0.6) is 0 Å². The number of hydrogen-bond donors (Lipinski definition) is 2. The number of H-pyrrole nitrogens is 1. The van der Waals surface area contributed by atoms with Gasteiger partial charge >= 0.3 is 0 Å². The molecule has 0 fully saturated rings. The Balaban J connectivity index is 1.74. The number of aromatic nitrogens is 3. The Hall–Kier alpha value is -2.14. The Kier molecular flexibility index (Phi) is 3.78. The smallest absolute Gasteiger partial charge is 0.154 e.